The van der Waals surface area contributed by atoms with E-state index in [2.05, 4.69) is 0 Å². The summed E-state index contributed by atoms with van der Waals surface area (Å²) in [5.74, 6) is -0.936. The molecule has 0 bridgehead atoms. The molecule has 0 amide bonds. The number of hydrogen-bond acceptors (Lipinski definition) is 4. The van der Waals surface area contributed by atoms with Crippen LogP contribution in [0.15, 0.2) is 11.6 Å². The Balaban J connectivity index is 3.96. The Hall–Kier alpha value is -1.32. The molecule has 0 spiro atoms. The molecule has 0 saturated carbocycles. The number of hydrogen-bond donors (Lipinski definition) is 0. The molecule has 0 rings (SSSR count). The van der Waals surface area contributed by atoms with Gasteiger partial charge in [-0.1, -0.05) is 26.7 Å². The van der Waals surface area contributed by atoms with Crippen LogP contribution in [0.1, 0.15) is 46.5 Å². The van der Waals surface area contributed by atoms with Gasteiger partial charge in [-0.2, -0.15) is 0 Å². The largest absolute Gasteiger partial charge is 0.463 e. The first-order valence-corrected chi connectivity index (χ1v) is 6.14. The van der Waals surface area contributed by atoms with Crippen molar-refractivity contribution in [1.82, 2.24) is 0 Å². The van der Waals surface area contributed by atoms with Gasteiger partial charge in [0.15, 0.2) is 0 Å². The van der Waals surface area contributed by atoms with Crippen LogP contribution in [0, 0.1) is 0 Å². The predicted octanol–water partition coefficient (Wildman–Crippen LogP) is 2.62. The van der Waals surface area contributed by atoms with Crippen molar-refractivity contribution >= 4 is 11.9 Å². The van der Waals surface area contributed by atoms with Crippen molar-refractivity contribution in [1.29, 1.82) is 0 Å². The average molecular weight is 242 g/mol. The van der Waals surface area contributed by atoms with Crippen LogP contribution < -0.4 is 0 Å². The van der Waals surface area contributed by atoms with Crippen LogP contribution in [0.4, 0.5) is 0 Å². The van der Waals surface area contributed by atoms with Gasteiger partial charge in [-0.15, -0.1) is 0 Å². The Morgan fingerprint density at radius 2 is 1.53 bits per heavy atom. The van der Waals surface area contributed by atoms with Crippen LogP contribution in [0.2, 0.25) is 0 Å². The quantitative estimate of drug-likeness (QED) is 0.373. The third-order valence-electron chi connectivity index (χ3n) is 2.13. The summed E-state index contributed by atoms with van der Waals surface area (Å²) in [6.07, 6.45) is 4.79. The monoisotopic (exact) mass is 242 g/mol. The number of esters is 2. The zero-order valence-electron chi connectivity index (χ0n) is 11.0. The summed E-state index contributed by atoms with van der Waals surface area (Å²) in [5.41, 5.74) is 0.280. The molecule has 17 heavy (non-hydrogen) atoms. The molecule has 0 atom stereocenters. The van der Waals surface area contributed by atoms with Crippen molar-refractivity contribution in [3.8, 4) is 0 Å². The second-order valence-electron chi connectivity index (χ2n) is 3.84. The lowest BCUT2D eigenvalue weighted by atomic mass is 10.3. The van der Waals surface area contributed by atoms with E-state index in [1.165, 1.54) is 6.08 Å². The molecular formula is C13H22O4. The molecule has 0 saturated heterocycles. The predicted molar refractivity (Wildman–Crippen MR) is 65.5 cm³/mol. The lowest BCUT2D eigenvalue weighted by molar-refractivity contribution is -0.141. The van der Waals surface area contributed by atoms with E-state index in [0.717, 1.165) is 25.7 Å². The fourth-order valence-corrected chi connectivity index (χ4v) is 1.02. The highest BCUT2D eigenvalue weighted by Crippen LogP contribution is 2.00. The fourth-order valence-electron chi connectivity index (χ4n) is 1.02. The van der Waals surface area contributed by atoms with Gasteiger partial charge in [0, 0.05) is 11.6 Å². The fraction of sp³-hybridized carbons (Fsp3) is 0.692. The van der Waals surface area contributed by atoms with Gasteiger partial charge >= 0.3 is 11.9 Å². The van der Waals surface area contributed by atoms with Crippen molar-refractivity contribution in [2.24, 2.45) is 0 Å². The van der Waals surface area contributed by atoms with Gasteiger partial charge in [-0.3, -0.25) is 0 Å². The maximum absolute atomic E-state index is 11.4. The molecular weight excluding hydrogens is 220 g/mol. The van der Waals surface area contributed by atoms with Gasteiger partial charge in [-0.05, 0) is 19.8 Å². The molecule has 0 aromatic carbocycles. The molecule has 0 aromatic rings. The lowest BCUT2D eigenvalue weighted by Gasteiger charge is -2.04. The first kappa shape index (κ1) is 15.7. The third-order valence-corrected chi connectivity index (χ3v) is 2.13. The molecule has 0 fully saturated rings. The Kier molecular flexibility index (Phi) is 9.11. The first-order chi connectivity index (χ1) is 8.11. The highest BCUT2D eigenvalue weighted by Gasteiger charge is 2.08. The minimum Gasteiger partial charge on any atom is -0.463 e. The van der Waals surface area contributed by atoms with Gasteiger partial charge in [0.1, 0.15) is 0 Å². The van der Waals surface area contributed by atoms with Gasteiger partial charge < -0.3 is 9.47 Å². The van der Waals surface area contributed by atoms with E-state index < -0.39 is 11.9 Å². The highest BCUT2D eigenvalue weighted by atomic mass is 16.5. The van der Waals surface area contributed by atoms with E-state index in [0.29, 0.717) is 13.2 Å². The molecule has 0 radical (unpaired) electrons. The Bertz CT molecular complexity index is 269. The minimum atomic E-state index is -0.483. The summed E-state index contributed by atoms with van der Waals surface area (Å²) in [4.78, 5) is 22.6. The normalized spacial score (nSPS) is 11.1. The molecule has 0 aliphatic rings. The van der Waals surface area contributed by atoms with Crippen LogP contribution in [-0.2, 0) is 19.1 Å². The Morgan fingerprint density at radius 3 is 2.06 bits per heavy atom. The minimum absolute atomic E-state index is 0.280. The van der Waals surface area contributed by atoms with Crippen molar-refractivity contribution in [2.45, 2.75) is 46.5 Å². The Labute approximate surface area is 103 Å². The summed E-state index contributed by atoms with van der Waals surface area (Å²) in [5, 5.41) is 0. The summed E-state index contributed by atoms with van der Waals surface area (Å²) in [7, 11) is 0. The molecule has 0 aliphatic heterocycles. The lowest BCUT2D eigenvalue weighted by Crippen LogP contribution is -2.10. The maximum atomic E-state index is 11.4. The number of carbonyl (C=O) groups is 2. The molecule has 0 aromatic heterocycles. The average Bonchev–Trinajstić information content (AvgIpc) is 2.29. The van der Waals surface area contributed by atoms with Crippen LogP contribution >= 0.6 is 0 Å². The van der Waals surface area contributed by atoms with E-state index in [9.17, 15) is 9.59 Å². The van der Waals surface area contributed by atoms with Crippen molar-refractivity contribution < 1.29 is 19.1 Å². The second kappa shape index (κ2) is 9.87. The van der Waals surface area contributed by atoms with E-state index in [1.54, 1.807) is 6.92 Å². The zero-order chi connectivity index (χ0) is 13.1. The third kappa shape index (κ3) is 8.48. The molecule has 0 N–H and O–H groups in total. The van der Waals surface area contributed by atoms with Crippen LogP contribution in [0.25, 0.3) is 0 Å². The molecule has 0 heterocycles. The SMILES string of the molecule is CCCCOC(=O)/C=C(/C)C(=O)OCCCC. The zero-order valence-corrected chi connectivity index (χ0v) is 11.0. The topological polar surface area (TPSA) is 52.6 Å². The first-order valence-electron chi connectivity index (χ1n) is 6.14. The van der Waals surface area contributed by atoms with E-state index in [-0.39, 0.29) is 5.57 Å². The molecule has 4 nitrogen and oxygen atoms in total. The van der Waals surface area contributed by atoms with Crippen molar-refractivity contribution in [3.63, 3.8) is 0 Å². The second-order valence-corrected chi connectivity index (χ2v) is 3.84. The van der Waals surface area contributed by atoms with Crippen LogP contribution in [0.5, 0.6) is 0 Å². The van der Waals surface area contributed by atoms with E-state index >= 15 is 0 Å². The standard InChI is InChI=1S/C13H22O4/c1-4-6-8-16-12(14)10-11(3)13(15)17-9-7-5-2/h10H,4-9H2,1-3H3/b11-10-. The summed E-state index contributed by atoms with van der Waals surface area (Å²) >= 11 is 0. The van der Waals surface area contributed by atoms with Gasteiger partial charge in [0.2, 0.25) is 0 Å². The van der Waals surface area contributed by atoms with Gasteiger partial charge in [0.25, 0.3) is 0 Å². The van der Waals surface area contributed by atoms with Gasteiger partial charge in [0.05, 0.1) is 13.2 Å². The van der Waals surface area contributed by atoms with Gasteiger partial charge in [-0.25, -0.2) is 9.59 Å². The number of ether oxygens (including phenoxy) is 2. The number of unbranched alkanes of at least 4 members (excludes halogenated alkanes) is 2. The maximum Gasteiger partial charge on any atom is 0.333 e. The smallest absolute Gasteiger partial charge is 0.333 e. The molecule has 0 aliphatic carbocycles. The summed E-state index contributed by atoms with van der Waals surface area (Å²) in [6.45, 7) is 6.37. The van der Waals surface area contributed by atoms with Crippen molar-refractivity contribution in [3.05, 3.63) is 11.6 Å². The Morgan fingerprint density at radius 1 is 1.00 bits per heavy atom. The summed E-state index contributed by atoms with van der Waals surface area (Å²) in [6, 6.07) is 0. The molecule has 4 heteroatoms. The van der Waals surface area contributed by atoms with Crippen molar-refractivity contribution in [2.75, 3.05) is 13.2 Å². The summed E-state index contributed by atoms with van der Waals surface area (Å²) < 4.78 is 9.86. The highest BCUT2D eigenvalue weighted by molar-refractivity contribution is 5.95. The van der Waals surface area contributed by atoms with Crippen LogP contribution in [0.3, 0.4) is 0 Å². The van der Waals surface area contributed by atoms with E-state index in [1.807, 2.05) is 13.8 Å². The number of carbonyl (C=O) groups excluding carboxylic acids is 2. The van der Waals surface area contributed by atoms with E-state index in [4.69, 9.17) is 9.47 Å². The molecule has 98 valence electrons. The van der Waals surface area contributed by atoms with Crippen LogP contribution in [-0.4, -0.2) is 25.2 Å². The molecule has 0 unspecified atom stereocenters. The number of rotatable bonds is 8.